The van der Waals surface area contributed by atoms with Crippen LogP contribution in [0.3, 0.4) is 0 Å². The lowest BCUT2D eigenvalue weighted by molar-refractivity contribution is 0.122. The number of anilines is 2. The Labute approximate surface area is 217 Å². The molecule has 192 valence electrons. The minimum atomic E-state index is -1.12. The highest BCUT2D eigenvalue weighted by Gasteiger charge is 2.29. The SMILES string of the molecule is N=C(OC(N)=NC1N=C(c2ccccc2)c2ccccc2N1O)c1oc2ncccc2c1N1CCOCC1. The number of hydrogen-bond acceptors (Lipinski definition) is 10. The third kappa shape index (κ3) is 4.33. The summed E-state index contributed by atoms with van der Waals surface area (Å²) in [5.41, 5.74) is 9.99. The molecule has 2 aliphatic rings. The summed E-state index contributed by atoms with van der Waals surface area (Å²) in [4.78, 5) is 15.3. The first kappa shape index (κ1) is 23.6. The summed E-state index contributed by atoms with van der Waals surface area (Å²) in [5, 5.41) is 21.2. The Hall–Kier alpha value is -4.74. The zero-order valence-corrected chi connectivity index (χ0v) is 20.3. The van der Waals surface area contributed by atoms with Crippen LogP contribution in [0.15, 0.2) is 87.3 Å². The minimum Gasteiger partial charge on any atom is -0.430 e. The van der Waals surface area contributed by atoms with Crippen LogP contribution in [0, 0.1) is 5.41 Å². The lowest BCUT2D eigenvalue weighted by Crippen LogP contribution is -2.38. The Morgan fingerprint density at radius 3 is 2.63 bits per heavy atom. The molecular weight excluding hydrogens is 486 g/mol. The molecule has 6 rings (SSSR count). The molecule has 4 heterocycles. The number of pyridine rings is 1. The van der Waals surface area contributed by atoms with Crippen LogP contribution >= 0.6 is 0 Å². The molecule has 1 atom stereocenters. The van der Waals surface area contributed by atoms with Crippen molar-refractivity contribution in [3.63, 3.8) is 0 Å². The van der Waals surface area contributed by atoms with Gasteiger partial charge in [-0.3, -0.25) is 10.6 Å². The molecule has 2 aromatic carbocycles. The van der Waals surface area contributed by atoms with Gasteiger partial charge in [0, 0.05) is 30.4 Å². The second kappa shape index (κ2) is 9.96. The van der Waals surface area contributed by atoms with Crippen molar-refractivity contribution in [2.24, 2.45) is 15.7 Å². The Kier molecular flexibility index (Phi) is 6.20. The van der Waals surface area contributed by atoms with E-state index in [-0.39, 0.29) is 17.7 Å². The molecule has 11 nitrogen and oxygen atoms in total. The van der Waals surface area contributed by atoms with E-state index in [4.69, 9.17) is 25.0 Å². The van der Waals surface area contributed by atoms with E-state index in [1.54, 1.807) is 12.3 Å². The lowest BCUT2D eigenvalue weighted by Gasteiger charge is -2.29. The standard InChI is InChI=1S/C27H25N7O4/c28-24(23-22(33-13-15-36-16-14-33)19-10-6-12-30-25(19)37-23)38-26(29)32-27-31-21(17-7-2-1-3-8-17)18-9-4-5-11-20(18)34(27)35/h1-12,27-28,35H,13-16H2,(H2,29,32). The molecule has 38 heavy (non-hydrogen) atoms. The highest BCUT2D eigenvalue weighted by Crippen LogP contribution is 2.34. The fourth-order valence-corrected chi connectivity index (χ4v) is 4.61. The molecule has 0 amide bonds. The van der Waals surface area contributed by atoms with Gasteiger partial charge < -0.3 is 24.5 Å². The molecule has 1 saturated heterocycles. The number of nitrogens with zero attached hydrogens (tertiary/aromatic N) is 5. The average molecular weight is 512 g/mol. The van der Waals surface area contributed by atoms with E-state index < -0.39 is 6.29 Å². The van der Waals surface area contributed by atoms with Crippen molar-refractivity contribution >= 4 is 40.1 Å². The molecule has 0 bridgehead atoms. The number of furan rings is 1. The summed E-state index contributed by atoms with van der Waals surface area (Å²) < 4.78 is 17.0. The second-order valence-corrected chi connectivity index (χ2v) is 8.69. The van der Waals surface area contributed by atoms with E-state index in [9.17, 15) is 5.21 Å². The van der Waals surface area contributed by atoms with Crippen LogP contribution in [0.1, 0.15) is 16.9 Å². The number of nitrogens with one attached hydrogen (secondary N) is 1. The summed E-state index contributed by atoms with van der Waals surface area (Å²) >= 11 is 0. The normalized spacial score (nSPS) is 17.8. The number of fused-ring (bicyclic) bond motifs is 2. The number of hydroxylamine groups is 1. The highest BCUT2D eigenvalue weighted by molar-refractivity contribution is 6.17. The molecule has 0 spiro atoms. The molecule has 2 aromatic heterocycles. The monoisotopic (exact) mass is 511 g/mol. The number of morpholine rings is 1. The molecule has 1 unspecified atom stereocenters. The zero-order valence-electron chi connectivity index (χ0n) is 20.3. The van der Waals surface area contributed by atoms with Crippen LogP contribution in [0.5, 0.6) is 0 Å². The molecular formula is C27H25N7O4. The van der Waals surface area contributed by atoms with E-state index in [1.807, 2.05) is 60.7 Å². The quantitative estimate of drug-likeness (QED) is 0.279. The predicted molar refractivity (Wildman–Crippen MR) is 143 cm³/mol. The van der Waals surface area contributed by atoms with Gasteiger partial charge in [0.25, 0.3) is 11.9 Å². The number of aliphatic imine (C=N–C) groups is 2. The minimum absolute atomic E-state index is 0.182. The number of hydrogen-bond donors (Lipinski definition) is 3. The Bertz CT molecular complexity index is 1540. The van der Waals surface area contributed by atoms with Crippen molar-refractivity contribution in [1.29, 1.82) is 5.41 Å². The van der Waals surface area contributed by atoms with Crippen molar-refractivity contribution in [2.75, 3.05) is 36.3 Å². The largest absolute Gasteiger partial charge is 0.430 e. The average Bonchev–Trinajstić information content (AvgIpc) is 3.35. The number of para-hydroxylation sites is 1. The van der Waals surface area contributed by atoms with Gasteiger partial charge in [-0.1, -0.05) is 48.5 Å². The Morgan fingerprint density at radius 2 is 1.82 bits per heavy atom. The zero-order chi connectivity index (χ0) is 26.1. The van der Waals surface area contributed by atoms with Gasteiger partial charge >= 0.3 is 0 Å². The predicted octanol–water partition coefficient (Wildman–Crippen LogP) is 3.35. The maximum Gasteiger partial charge on any atom is 0.292 e. The van der Waals surface area contributed by atoms with Crippen molar-refractivity contribution in [3.8, 4) is 0 Å². The van der Waals surface area contributed by atoms with Gasteiger partial charge in [0.1, 0.15) is 0 Å². The lowest BCUT2D eigenvalue weighted by atomic mass is 9.99. The number of rotatable bonds is 4. The van der Waals surface area contributed by atoms with Gasteiger partial charge in [-0.15, -0.1) is 0 Å². The maximum atomic E-state index is 10.9. The van der Waals surface area contributed by atoms with Gasteiger partial charge in [-0.2, -0.15) is 4.99 Å². The van der Waals surface area contributed by atoms with Crippen LogP contribution in [-0.4, -0.2) is 60.4 Å². The van der Waals surface area contributed by atoms with E-state index in [0.29, 0.717) is 49.1 Å². The van der Waals surface area contributed by atoms with Gasteiger partial charge in [0.05, 0.1) is 35.7 Å². The molecule has 0 saturated carbocycles. The molecule has 1 fully saturated rings. The first-order chi connectivity index (χ1) is 18.6. The van der Waals surface area contributed by atoms with Crippen molar-refractivity contribution in [3.05, 3.63) is 89.8 Å². The fourth-order valence-electron chi connectivity index (χ4n) is 4.61. The van der Waals surface area contributed by atoms with Gasteiger partial charge in [0.2, 0.25) is 17.8 Å². The summed E-state index contributed by atoms with van der Waals surface area (Å²) in [6.07, 6.45) is 0.502. The first-order valence-corrected chi connectivity index (χ1v) is 12.1. The highest BCUT2D eigenvalue weighted by atomic mass is 16.5. The number of benzene rings is 2. The van der Waals surface area contributed by atoms with Crippen molar-refractivity contribution < 1.29 is 19.1 Å². The van der Waals surface area contributed by atoms with E-state index >= 15 is 0 Å². The van der Waals surface area contributed by atoms with Gasteiger partial charge in [-0.25, -0.2) is 15.0 Å². The maximum absolute atomic E-state index is 10.9. The van der Waals surface area contributed by atoms with Crippen LogP contribution in [0.4, 0.5) is 11.4 Å². The second-order valence-electron chi connectivity index (χ2n) is 8.69. The summed E-state index contributed by atoms with van der Waals surface area (Å²) in [5.74, 6) is -0.152. The Balaban J connectivity index is 1.32. The molecule has 0 aliphatic carbocycles. The molecule has 4 N–H and O–H groups in total. The third-order valence-electron chi connectivity index (χ3n) is 6.34. The van der Waals surface area contributed by atoms with Crippen molar-refractivity contribution in [2.45, 2.75) is 6.29 Å². The molecule has 0 radical (unpaired) electrons. The van der Waals surface area contributed by atoms with Crippen LogP contribution < -0.4 is 15.7 Å². The Morgan fingerprint density at radius 1 is 1.05 bits per heavy atom. The van der Waals surface area contributed by atoms with E-state index in [1.165, 1.54) is 0 Å². The van der Waals surface area contributed by atoms with Gasteiger partial charge in [0.15, 0.2) is 0 Å². The summed E-state index contributed by atoms with van der Waals surface area (Å²) in [6.45, 7) is 2.37. The number of nitrogens with two attached hydrogens (primary N) is 1. The van der Waals surface area contributed by atoms with Crippen LogP contribution in [-0.2, 0) is 9.47 Å². The molecule has 4 aromatic rings. The fraction of sp³-hybridized carbons (Fsp3) is 0.185. The van der Waals surface area contributed by atoms with Crippen molar-refractivity contribution in [1.82, 2.24) is 4.98 Å². The van der Waals surface area contributed by atoms with Crippen LogP contribution in [0.2, 0.25) is 0 Å². The smallest absolute Gasteiger partial charge is 0.292 e. The first-order valence-electron chi connectivity index (χ1n) is 12.1. The summed E-state index contributed by atoms with van der Waals surface area (Å²) in [6, 6.07) is 20.3. The molecule has 11 heteroatoms. The number of aromatic nitrogens is 1. The third-order valence-corrected chi connectivity index (χ3v) is 6.34. The van der Waals surface area contributed by atoms with E-state index in [2.05, 4.69) is 19.9 Å². The topological polar surface area (TPSA) is 146 Å². The number of ether oxygens (including phenoxy) is 2. The van der Waals surface area contributed by atoms with Crippen LogP contribution in [0.25, 0.3) is 11.1 Å². The number of amidine groups is 1. The van der Waals surface area contributed by atoms with Gasteiger partial charge in [-0.05, 0) is 18.2 Å². The molecule has 2 aliphatic heterocycles. The van der Waals surface area contributed by atoms with E-state index in [0.717, 1.165) is 21.6 Å². The summed E-state index contributed by atoms with van der Waals surface area (Å²) in [7, 11) is 0.